The SMILES string of the molecule is CC[C@@H](C)[NH2+]C[C@H](O)COc1ccc(C)cc1C. The molecule has 1 aromatic rings. The Morgan fingerprint density at radius 3 is 2.67 bits per heavy atom. The second-order valence-corrected chi connectivity index (χ2v) is 5.09. The molecule has 0 aliphatic heterocycles. The number of aliphatic hydroxyl groups excluding tert-OH is 1. The summed E-state index contributed by atoms with van der Waals surface area (Å²) in [6.07, 6.45) is 0.699. The van der Waals surface area contributed by atoms with Crippen LogP contribution in [0.2, 0.25) is 0 Å². The van der Waals surface area contributed by atoms with E-state index in [2.05, 4.69) is 32.2 Å². The van der Waals surface area contributed by atoms with Gasteiger partial charge in [0, 0.05) is 0 Å². The number of rotatable bonds is 7. The van der Waals surface area contributed by atoms with Gasteiger partial charge in [0.1, 0.15) is 25.0 Å². The van der Waals surface area contributed by atoms with Crippen LogP contribution >= 0.6 is 0 Å². The van der Waals surface area contributed by atoms with Gasteiger partial charge in [0.15, 0.2) is 0 Å². The molecule has 1 aromatic carbocycles. The van der Waals surface area contributed by atoms with E-state index in [4.69, 9.17) is 4.74 Å². The van der Waals surface area contributed by atoms with E-state index < -0.39 is 6.10 Å². The largest absolute Gasteiger partial charge is 0.490 e. The second kappa shape index (κ2) is 7.39. The molecule has 0 fully saturated rings. The van der Waals surface area contributed by atoms with E-state index in [1.807, 2.05) is 19.1 Å². The molecule has 0 radical (unpaired) electrons. The van der Waals surface area contributed by atoms with Crippen LogP contribution in [-0.4, -0.2) is 30.4 Å². The van der Waals surface area contributed by atoms with Gasteiger partial charge in [-0.15, -0.1) is 0 Å². The number of quaternary nitrogens is 1. The summed E-state index contributed by atoms with van der Waals surface area (Å²) in [4.78, 5) is 0. The van der Waals surface area contributed by atoms with Crippen molar-refractivity contribution in [1.82, 2.24) is 0 Å². The summed E-state index contributed by atoms with van der Waals surface area (Å²) < 4.78 is 5.65. The first-order valence-corrected chi connectivity index (χ1v) is 6.74. The summed E-state index contributed by atoms with van der Waals surface area (Å²) in [5, 5.41) is 12.0. The molecule has 0 saturated heterocycles. The first kappa shape index (κ1) is 15.0. The van der Waals surface area contributed by atoms with Gasteiger partial charge in [-0.2, -0.15) is 0 Å². The first-order valence-electron chi connectivity index (χ1n) is 6.74. The Kier molecular flexibility index (Phi) is 6.16. The number of aliphatic hydroxyl groups is 1. The Hall–Kier alpha value is -1.06. The molecule has 2 atom stereocenters. The Balaban J connectivity index is 2.35. The fourth-order valence-electron chi connectivity index (χ4n) is 1.77. The van der Waals surface area contributed by atoms with Crippen molar-refractivity contribution in [3.05, 3.63) is 29.3 Å². The second-order valence-electron chi connectivity index (χ2n) is 5.09. The quantitative estimate of drug-likeness (QED) is 0.770. The highest BCUT2D eigenvalue weighted by Crippen LogP contribution is 2.18. The topological polar surface area (TPSA) is 46.1 Å². The van der Waals surface area contributed by atoms with Crippen molar-refractivity contribution < 1.29 is 15.2 Å². The van der Waals surface area contributed by atoms with E-state index in [-0.39, 0.29) is 0 Å². The third-order valence-corrected chi connectivity index (χ3v) is 3.22. The zero-order valence-corrected chi connectivity index (χ0v) is 11.9. The molecule has 3 N–H and O–H groups in total. The highest BCUT2D eigenvalue weighted by molar-refractivity contribution is 5.35. The number of hydrogen-bond acceptors (Lipinski definition) is 2. The fraction of sp³-hybridized carbons (Fsp3) is 0.600. The van der Waals surface area contributed by atoms with Gasteiger partial charge in [-0.3, -0.25) is 0 Å². The number of nitrogens with two attached hydrogens (primary N) is 1. The van der Waals surface area contributed by atoms with Crippen molar-refractivity contribution in [2.24, 2.45) is 0 Å². The molecule has 1 rings (SSSR count). The van der Waals surface area contributed by atoms with E-state index in [9.17, 15) is 5.11 Å². The minimum Gasteiger partial charge on any atom is -0.490 e. The van der Waals surface area contributed by atoms with Crippen LogP contribution in [0, 0.1) is 13.8 Å². The molecule has 3 nitrogen and oxygen atoms in total. The van der Waals surface area contributed by atoms with Crippen LogP contribution in [0.3, 0.4) is 0 Å². The zero-order valence-electron chi connectivity index (χ0n) is 11.9. The summed E-state index contributed by atoms with van der Waals surface area (Å²) in [5.41, 5.74) is 2.35. The molecular weight excluding hydrogens is 226 g/mol. The third kappa shape index (κ3) is 5.07. The summed E-state index contributed by atoms with van der Waals surface area (Å²) in [5.74, 6) is 0.864. The maximum Gasteiger partial charge on any atom is 0.137 e. The van der Waals surface area contributed by atoms with Crippen LogP contribution < -0.4 is 10.1 Å². The van der Waals surface area contributed by atoms with Gasteiger partial charge in [-0.1, -0.05) is 24.6 Å². The molecule has 0 aliphatic rings. The zero-order chi connectivity index (χ0) is 13.5. The number of aryl methyl sites for hydroxylation is 2. The fourth-order valence-corrected chi connectivity index (χ4v) is 1.77. The highest BCUT2D eigenvalue weighted by Gasteiger charge is 2.10. The summed E-state index contributed by atoms with van der Waals surface area (Å²) in [6, 6.07) is 6.64. The Morgan fingerprint density at radius 2 is 2.06 bits per heavy atom. The molecule has 0 aromatic heterocycles. The minimum absolute atomic E-state index is 0.358. The lowest BCUT2D eigenvalue weighted by Crippen LogP contribution is -2.91. The van der Waals surface area contributed by atoms with Crippen molar-refractivity contribution in [3.63, 3.8) is 0 Å². The average Bonchev–Trinajstić information content (AvgIpc) is 2.34. The van der Waals surface area contributed by atoms with E-state index in [1.54, 1.807) is 0 Å². The Bertz CT molecular complexity index is 366. The first-order chi connectivity index (χ1) is 8.52. The van der Waals surface area contributed by atoms with Crippen LogP contribution in [-0.2, 0) is 0 Å². The standard InChI is InChI=1S/C15H25NO2/c1-5-13(4)16-9-14(17)10-18-15-7-6-11(2)8-12(15)3/h6-8,13-14,16-17H,5,9-10H2,1-4H3/p+1/t13-,14+/m1/s1. The molecule has 0 bridgehead atoms. The lowest BCUT2D eigenvalue weighted by Gasteiger charge is -2.15. The maximum atomic E-state index is 9.84. The van der Waals surface area contributed by atoms with E-state index in [1.165, 1.54) is 5.56 Å². The van der Waals surface area contributed by atoms with Gasteiger partial charge >= 0.3 is 0 Å². The molecule has 102 valence electrons. The van der Waals surface area contributed by atoms with Crippen molar-refractivity contribution in [1.29, 1.82) is 0 Å². The van der Waals surface area contributed by atoms with Crippen molar-refractivity contribution in [2.45, 2.75) is 46.3 Å². The number of benzene rings is 1. The van der Waals surface area contributed by atoms with Gasteiger partial charge in [-0.05, 0) is 38.8 Å². The molecule has 0 unspecified atom stereocenters. The van der Waals surface area contributed by atoms with Gasteiger partial charge in [-0.25, -0.2) is 0 Å². The average molecular weight is 252 g/mol. The van der Waals surface area contributed by atoms with Crippen LogP contribution in [0.25, 0.3) is 0 Å². The summed E-state index contributed by atoms with van der Waals surface area (Å²) in [6.45, 7) is 9.46. The minimum atomic E-state index is -0.417. The van der Waals surface area contributed by atoms with E-state index in [0.717, 1.165) is 17.7 Å². The Labute approximate surface area is 110 Å². The van der Waals surface area contributed by atoms with Gasteiger partial charge in [0.25, 0.3) is 0 Å². The van der Waals surface area contributed by atoms with Crippen LogP contribution in [0.1, 0.15) is 31.4 Å². The predicted molar refractivity (Wildman–Crippen MR) is 74.0 cm³/mol. The van der Waals surface area contributed by atoms with Crippen LogP contribution in [0.15, 0.2) is 18.2 Å². The number of ether oxygens (including phenoxy) is 1. The Morgan fingerprint density at radius 1 is 1.33 bits per heavy atom. The van der Waals surface area contributed by atoms with Gasteiger partial charge in [0.05, 0.1) is 6.04 Å². The molecule has 0 spiro atoms. The molecule has 0 heterocycles. The summed E-state index contributed by atoms with van der Waals surface area (Å²) >= 11 is 0. The molecule has 0 aliphatic carbocycles. The maximum absolute atomic E-state index is 9.84. The van der Waals surface area contributed by atoms with Crippen molar-refractivity contribution in [3.8, 4) is 5.75 Å². The lowest BCUT2D eigenvalue weighted by atomic mass is 10.1. The third-order valence-electron chi connectivity index (χ3n) is 3.22. The monoisotopic (exact) mass is 252 g/mol. The molecule has 0 saturated carbocycles. The van der Waals surface area contributed by atoms with Crippen LogP contribution in [0.5, 0.6) is 5.75 Å². The van der Waals surface area contributed by atoms with E-state index >= 15 is 0 Å². The molecule has 3 heteroatoms. The van der Waals surface area contributed by atoms with Gasteiger partial charge < -0.3 is 15.2 Å². The van der Waals surface area contributed by atoms with Crippen molar-refractivity contribution >= 4 is 0 Å². The molecule has 0 amide bonds. The molecule has 18 heavy (non-hydrogen) atoms. The lowest BCUT2D eigenvalue weighted by molar-refractivity contribution is -0.691. The van der Waals surface area contributed by atoms with Crippen LogP contribution in [0.4, 0.5) is 0 Å². The number of hydrogen-bond donors (Lipinski definition) is 2. The van der Waals surface area contributed by atoms with Gasteiger partial charge in [0.2, 0.25) is 0 Å². The smallest absolute Gasteiger partial charge is 0.137 e. The predicted octanol–water partition coefficient (Wildman–Crippen LogP) is 1.41. The van der Waals surface area contributed by atoms with Crippen molar-refractivity contribution in [2.75, 3.05) is 13.2 Å². The molecular formula is C15H26NO2+. The summed E-state index contributed by atoms with van der Waals surface area (Å²) in [7, 11) is 0. The highest BCUT2D eigenvalue weighted by atomic mass is 16.5. The normalized spacial score (nSPS) is 14.3. The van der Waals surface area contributed by atoms with E-state index in [0.29, 0.717) is 19.2 Å².